The average Bonchev–Trinajstić information content (AvgIpc) is 3.12. The Labute approximate surface area is 132 Å². The zero-order valence-corrected chi connectivity index (χ0v) is 13.7. The maximum atomic E-state index is 11.7. The van der Waals surface area contributed by atoms with Gasteiger partial charge in [0.2, 0.25) is 11.8 Å². The number of hydrogen-bond acceptors (Lipinski definition) is 3. The molecule has 0 spiro atoms. The van der Waals surface area contributed by atoms with Crippen molar-refractivity contribution in [3.63, 3.8) is 0 Å². The first-order chi connectivity index (χ1) is 10.2. The summed E-state index contributed by atoms with van der Waals surface area (Å²) in [5, 5.41) is 6.01. The molecule has 21 heavy (non-hydrogen) atoms. The van der Waals surface area contributed by atoms with Gasteiger partial charge in [0.15, 0.2) is 0 Å². The highest BCUT2D eigenvalue weighted by molar-refractivity contribution is 8.00. The van der Waals surface area contributed by atoms with Gasteiger partial charge in [0.1, 0.15) is 0 Å². The minimum absolute atomic E-state index is 0.0617. The molecule has 2 N–H and O–H groups in total. The fraction of sp³-hybridized carbons (Fsp3) is 0.875. The number of carbonyl (C=O) groups excluding carboxylic acids is 2. The molecule has 0 atom stereocenters. The van der Waals surface area contributed by atoms with Gasteiger partial charge in [-0.05, 0) is 25.2 Å². The van der Waals surface area contributed by atoms with Crippen LogP contribution in [-0.4, -0.2) is 35.9 Å². The summed E-state index contributed by atoms with van der Waals surface area (Å²) in [6, 6.07) is 0.373. The molecule has 2 amide bonds. The maximum Gasteiger partial charge on any atom is 0.230 e. The lowest BCUT2D eigenvalue weighted by atomic mass is 10.0. The van der Waals surface area contributed by atoms with E-state index in [9.17, 15) is 9.59 Å². The Hall–Kier alpha value is -0.710. The summed E-state index contributed by atoms with van der Waals surface area (Å²) in [6.07, 6.45) is 11.1. The molecule has 0 radical (unpaired) electrons. The standard InChI is InChI=1S/C16H28N2O2S/c19-15(17-10-9-13-5-1-2-6-13)11-21-12-16(20)18-14-7-3-4-8-14/h13-14H,1-12H2,(H,17,19)(H,18,20). The third kappa shape index (κ3) is 6.72. The van der Waals surface area contributed by atoms with Crippen LogP contribution in [-0.2, 0) is 9.59 Å². The van der Waals surface area contributed by atoms with Crippen molar-refractivity contribution in [1.82, 2.24) is 10.6 Å². The predicted molar refractivity (Wildman–Crippen MR) is 87.3 cm³/mol. The van der Waals surface area contributed by atoms with Crippen LogP contribution in [0.5, 0.6) is 0 Å². The van der Waals surface area contributed by atoms with E-state index in [1.54, 1.807) is 0 Å². The smallest absolute Gasteiger partial charge is 0.230 e. The second kappa shape index (κ2) is 9.34. The van der Waals surface area contributed by atoms with Gasteiger partial charge in [0, 0.05) is 12.6 Å². The molecule has 0 aromatic rings. The van der Waals surface area contributed by atoms with Gasteiger partial charge >= 0.3 is 0 Å². The lowest BCUT2D eigenvalue weighted by molar-refractivity contribution is -0.119. The van der Waals surface area contributed by atoms with Crippen LogP contribution in [0.1, 0.15) is 57.8 Å². The third-order valence-corrected chi connectivity index (χ3v) is 5.47. The summed E-state index contributed by atoms with van der Waals surface area (Å²) in [4.78, 5) is 23.4. The van der Waals surface area contributed by atoms with E-state index in [-0.39, 0.29) is 11.8 Å². The second-order valence-corrected chi connectivity index (χ2v) is 7.32. The summed E-state index contributed by atoms with van der Waals surface area (Å²) in [6.45, 7) is 0.790. The Morgan fingerprint density at radius 3 is 2.24 bits per heavy atom. The summed E-state index contributed by atoms with van der Waals surface area (Å²) >= 11 is 1.41. The zero-order chi connectivity index (χ0) is 14.9. The fourth-order valence-corrected chi connectivity index (χ4v) is 4.00. The van der Waals surface area contributed by atoms with Gasteiger partial charge < -0.3 is 10.6 Å². The van der Waals surface area contributed by atoms with Crippen molar-refractivity contribution in [2.75, 3.05) is 18.1 Å². The first-order valence-corrected chi connectivity index (χ1v) is 9.53. The van der Waals surface area contributed by atoms with E-state index < -0.39 is 0 Å². The molecule has 2 fully saturated rings. The Morgan fingerprint density at radius 2 is 1.52 bits per heavy atom. The van der Waals surface area contributed by atoms with Crippen LogP contribution in [0.3, 0.4) is 0 Å². The highest BCUT2D eigenvalue weighted by Gasteiger charge is 2.17. The zero-order valence-electron chi connectivity index (χ0n) is 12.9. The van der Waals surface area contributed by atoms with Crippen LogP contribution in [0.15, 0.2) is 0 Å². The first-order valence-electron chi connectivity index (χ1n) is 8.38. The molecule has 2 saturated carbocycles. The van der Waals surface area contributed by atoms with Crippen LogP contribution < -0.4 is 10.6 Å². The Kier molecular flexibility index (Phi) is 7.41. The van der Waals surface area contributed by atoms with Gasteiger partial charge in [-0.15, -0.1) is 11.8 Å². The van der Waals surface area contributed by atoms with E-state index >= 15 is 0 Å². The largest absolute Gasteiger partial charge is 0.355 e. The van der Waals surface area contributed by atoms with E-state index in [2.05, 4.69) is 10.6 Å². The molecule has 120 valence electrons. The molecule has 2 aliphatic carbocycles. The molecule has 0 saturated heterocycles. The monoisotopic (exact) mass is 312 g/mol. The molecule has 4 nitrogen and oxygen atoms in total. The molecule has 0 aromatic heterocycles. The van der Waals surface area contributed by atoms with Gasteiger partial charge in [0.05, 0.1) is 11.5 Å². The van der Waals surface area contributed by atoms with E-state index in [1.165, 1.54) is 50.3 Å². The van der Waals surface area contributed by atoms with Gasteiger partial charge in [-0.3, -0.25) is 9.59 Å². The molecule has 2 rings (SSSR count). The van der Waals surface area contributed by atoms with Crippen LogP contribution in [0.4, 0.5) is 0 Å². The summed E-state index contributed by atoms with van der Waals surface area (Å²) in [7, 11) is 0. The highest BCUT2D eigenvalue weighted by atomic mass is 32.2. The van der Waals surface area contributed by atoms with Gasteiger partial charge in [0.25, 0.3) is 0 Å². The SMILES string of the molecule is O=C(CSCC(=O)NC1CCCC1)NCCC1CCCC1. The van der Waals surface area contributed by atoms with Crippen molar-refractivity contribution < 1.29 is 9.59 Å². The second-order valence-electron chi connectivity index (χ2n) is 6.33. The fourth-order valence-electron chi connectivity index (χ4n) is 3.34. The lowest BCUT2D eigenvalue weighted by Gasteiger charge is -2.12. The number of thioether (sulfide) groups is 1. The van der Waals surface area contributed by atoms with Crippen molar-refractivity contribution in [3.8, 4) is 0 Å². The van der Waals surface area contributed by atoms with Crippen molar-refractivity contribution in [2.45, 2.75) is 63.8 Å². The normalized spacial score (nSPS) is 19.8. The van der Waals surface area contributed by atoms with Crippen molar-refractivity contribution in [1.29, 1.82) is 0 Å². The number of rotatable bonds is 8. The minimum Gasteiger partial charge on any atom is -0.355 e. The molecule has 2 aliphatic rings. The third-order valence-electron chi connectivity index (χ3n) is 4.54. The van der Waals surface area contributed by atoms with Crippen LogP contribution >= 0.6 is 11.8 Å². The van der Waals surface area contributed by atoms with E-state index in [1.807, 2.05) is 0 Å². The van der Waals surface area contributed by atoms with E-state index in [4.69, 9.17) is 0 Å². The van der Waals surface area contributed by atoms with Crippen molar-refractivity contribution in [3.05, 3.63) is 0 Å². The van der Waals surface area contributed by atoms with Gasteiger partial charge in [-0.1, -0.05) is 38.5 Å². The van der Waals surface area contributed by atoms with Crippen molar-refractivity contribution >= 4 is 23.6 Å². The molecular weight excluding hydrogens is 284 g/mol. The predicted octanol–water partition coefficient (Wildman–Crippen LogP) is 2.47. The average molecular weight is 312 g/mol. The topological polar surface area (TPSA) is 58.2 Å². The van der Waals surface area contributed by atoms with Gasteiger partial charge in [-0.2, -0.15) is 0 Å². The molecular formula is C16H28N2O2S. The van der Waals surface area contributed by atoms with E-state index in [0.29, 0.717) is 17.5 Å². The molecule has 0 bridgehead atoms. The number of nitrogens with one attached hydrogen (secondary N) is 2. The molecule has 0 unspecified atom stereocenters. The number of carbonyl (C=O) groups is 2. The van der Waals surface area contributed by atoms with Gasteiger partial charge in [-0.25, -0.2) is 0 Å². The Balaban J connectivity index is 1.45. The molecule has 5 heteroatoms. The molecule has 0 aliphatic heterocycles. The summed E-state index contributed by atoms with van der Waals surface area (Å²) in [5.74, 6) is 1.74. The Morgan fingerprint density at radius 1 is 0.905 bits per heavy atom. The van der Waals surface area contributed by atoms with Crippen molar-refractivity contribution in [2.24, 2.45) is 5.92 Å². The molecule has 0 aromatic carbocycles. The van der Waals surface area contributed by atoms with Crippen LogP contribution in [0.25, 0.3) is 0 Å². The highest BCUT2D eigenvalue weighted by Crippen LogP contribution is 2.26. The minimum atomic E-state index is 0.0617. The van der Waals surface area contributed by atoms with Crippen LogP contribution in [0, 0.1) is 5.92 Å². The van der Waals surface area contributed by atoms with E-state index in [0.717, 1.165) is 31.7 Å². The lowest BCUT2D eigenvalue weighted by Crippen LogP contribution is -2.34. The summed E-state index contributed by atoms with van der Waals surface area (Å²) < 4.78 is 0. The van der Waals surface area contributed by atoms with Crippen LogP contribution in [0.2, 0.25) is 0 Å². The summed E-state index contributed by atoms with van der Waals surface area (Å²) in [5.41, 5.74) is 0. The number of hydrogen-bond donors (Lipinski definition) is 2. The first kappa shape index (κ1) is 16.7. The number of amides is 2. The quantitative estimate of drug-likeness (QED) is 0.724. The molecule has 0 heterocycles. The maximum absolute atomic E-state index is 11.7. The Bertz CT molecular complexity index is 337.